The molecular formula is C37H48O6S6. The fourth-order valence-electron chi connectivity index (χ4n) is 5.54. The second kappa shape index (κ2) is 20.6. The highest BCUT2D eigenvalue weighted by Gasteiger charge is 2.27. The molecule has 2 saturated heterocycles. The van der Waals surface area contributed by atoms with Gasteiger partial charge in [0.25, 0.3) is 0 Å². The number of thiol groups is 2. The van der Waals surface area contributed by atoms with Gasteiger partial charge in [0, 0.05) is 51.1 Å². The van der Waals surface area contributed by atoms with Crippen molar-refractivity contribution in [2.24, 2.45) is 0 Å². The quantitative estimate of drug-likeness (QED) is 0.0775. The van der Waals surface area contributed by atoms with E-state index in [2.05, 4.69) is 51.3 Å². The average molecular weight is 781 g/mol. The lowest BCUT2D eigenvalue weighted by Crippen LogP contribution is -2.28. The molecule has 268 valence electrons. The summed E-state index contributed by atoms with van der Waals surface area (Å²) in [7, 11) is 0. The van der Waals surface area contributed by atoms with Gasteiger partial charge < -0.3 is 18.9 Å². The van der Waals surface area contributed by atoms with E-state index in [1.165, 1.54) is 35.2 Å². The number of carbonyl (C=O) groups is 2. The van der Waals surface area contributed by atoms with Crippen LogP contribution in [-0.4, -0.2) is 80.0 Å². The SMILES string of the molecule is C=CC(=O)OC(COc1ccc(C(C)(C)c2ccc(OCC(CC(S)CC3SCCS3)OC(=O)C=C)cc2)cc1)CC(S)CC1SCCS1. The fraction of sp³-hybridized carbons (Fsp3) is 0.514. The van der Waals surface area contributed by atoms with Crippen LogP contribution in [0.15, 0.2) is 73.8 Å². The van der Waals surface area contributed by atoms with Crippen LogP contribution in [0.25, 0.3) is 0 Å². The largest absolute Gasteiger partial charge is 0.490 e. The highest BCUT2D eigenvalue weighted by atomic mass is 32.2. The maximum Gasteiger partial charge on any atom is 0.330 e. The van der Waals surface area contributed by atoms with Gasteiger partial charge in [-0.15, -0.1) is 47.0 Å². The number of carbonyl (C=O) groups excluding carboxylic acids is 2. The molecule has 2 aromatic rings. The van der Waals surface area contributed by atoms with Crippen LogP contribution in [0.2, 0.25) is 0 Å². The van der Waals surface area contributed by atoms with Gasteiger partial charge in [-0.3, -0.25) is 0 Å². The Bertz CT molecular complexity index is 1240. The summed E-state index contributed by atoms with van der Waals surface area (Å²) in [4.78, 5) is 24.0. The van der Waals surface area contributed by atoms with Gasteiger partial charge in [-0.05, 0) is 61.1 Å². The van der Waals surface area contributed by atoms with Crippen molar-refractivity contribution in [3.8, 4) is 11.5 Å². The van der Waals surface area contributed by atoms with Crippen molar-refractivity contribution in [3.63, 3.8) is 0 Å². The summed E-state index contributed by atoms with van der Waals surface area (Å²) in [6.07, 6.45) is 4.68. The summed E-state index contributed by atoms with van der Waals surface area (Å²) in [6, 6.07) is 16.1. The summed E-state index contributed by atoms with van der Waals surface area (Å²) in [6.45, 7) is 11.9. The predicted molar refractivity (Wildman–Crippen MR) is 218 cm³/mol. The number of ether oxygens (including phenoxy) is 4. The first-order valence-corrected chi connectivity index (χ1v) is 21.7. The molecule has 2 aliphatic heterocycles. The number of hydrogen-bond acceptors (Lipinski definition) is 12. The van der Waals surface area contributed by atoms with Crippen molar-refractivity contribution in [1.82, 2.24) is 0 Å². The van der Waals surface area contributed by atoms with Gasteiger partial charge in [0.05, 0.1) is 9.16 Å². The lowest BCUT2D eigenvalue weighted by atomic mass is 9.78. The summed E-state index contributed by atoms with van der Waals surface area (Å²) >= 11 is 17.5. The molecular weight excluding hydrogens is 733 g/mol. The summed E-state index contributed by atoms with van der Waals surface area (Å²) < 4.78 is 24.5. The Morgan fingerprint density at radius 3 is 1.39 bits per heavy atom. The molecule has 0 N–H and O–H groups in total. The summed E-state index contributed by atoms with van der Waals surface area (Å²) in [5, 5.41) is 0.214. The van der Waals surface area contributed by atoms with E-state index in [9.17, 15) is 9.59 Å². The van der Waals surface area contributed by atoms with E-state index in [-0.39, 0.29) is 29.1 Å². The zero-order chi connectivity index (χ0) is 35.2. The fourth-order valence-corrected chi connectivity index (χ4v) is 13.0. The van der Waals surface area contributed by atoms with Gasteiger partial charge in [-0.1, -0.05) is 51.3 Å². The molecule has 2 aromatic carbocycles. The second-order valence-corrected chi connectivity index (χ2v) is 19.7. The van der Waals surface area contributed by atoms with E-state index in [0.717, 1.165) is 24.0 Å². The van der Waals surface area contributed by atoms with Crippen LogP contribution in [0.5, 0.6) is 11.5 Å². The van der Waals surface area contributed by atoms with Gasteiger partial charge in [0.2, 0.25) is 0 Å². The Labute approximate surface area is 320 Å². The molecule has 0 bridgehead atoms. The first kappa shape index (κ1) is 40.3. The van der Waals surface area contributed by atoms with Crippen LogP contribution in [0.3, 0.4) is 0 Å². The molecule has 49 heavy (non-hydrogen) atoms. The standard InChI is InChI=1S/C37H48O6S6/c1-5-33(38)42-29(19-31(44)21-35-46-15-16-47-35)23-40-27-11-7-25(8-12-27)37(3,4)26-9-13-28(14-10-26)41-24-30(43-34(39)6-2)20-32(45)22-36-48-17-18-49-36/h5-14,29-32,35-36,44-45H,1-2,15-24H2,3-4H3. The van der Waals surface area contributed by atoms with Gasteiger partial charge in [0.1, 0.15) is 36.9 Å². The lowest BCUT2D eigenvalue weighted by molar-refractivity contribution is -0.145. The monoisotopic (exact) mass is 780 g/mol. The topological polar surface area (TPSA) is 71.1 Å². The number of rotatable bonds is 20. The molecule has 4 atom stereocenters. The Balaban J connectivity index is 1.30. The van der Waals surface area contributed by atoms with E-state index < -0.39 is 24.1 Å². The van der Waals surface area contributed by atoms with Crippen LogP contribution in [0.4, 0.5) is 0 Å². The molecule has 12 heteroatoms. The van der Waals surface area contributed by atoms with Gasteiger partial charge >= 0.3 is 11.9 Å². The van der Waals surface area contributed by atoms with Crippen molar-refractivity contribution in [2.75, 3.05) is 36.2 Å². The zero-order valence-corrected chi connectivity index (χ0v) is 33.3. The van der Waals surface area contributed by atoms with Crippen LogP contribution in [0, 0.1) is 0 Å². The van der Waals surface area contributed by atoms with Crippen LogP contribution in [0.1, 0.15) is 50.7 Å². The summed E-state index contributed by atoms with van der Waals surface area (Å²) in [5.41, 5.74) is 1.96. The zero-order valence-electron chi connectivity index (χ0n) is 28.2. The molecule has 0 amide bonds. The number of esters is 2. The van der Waals surface area contributed by atoms with Crippen LogP contribution >= 0.6 is 72.3 Å². The molecule has 4 unspecified atom stereocenters. The number of thioether (sulfide) groups is 4. The average Bonchev–Trinajstić information content (AvgIpc) is 3.81. The first-order valence-electron chi connectivity index (χ1n) is 16.5. The number of hydrogen-bond donors (Lipinski definition) is 2. The molecule has 0 aliphatic carbocycles. The van der Waals surface area contributed by atoms with Crippen molar-refractivity contribution in [1.29, 1.82) is 0 Å². The predicted octanol–water partition coefficient (Wildman–Crippen LogP) is 8.74. The Kier molecular flexibility index (Phi) is 16.9. The molecule has 2 fully saturated rings. The Morgan fingerprint density at radius 2 is 1.06 bits per heavy atom. The summed E-state index contributed by atoms with van der Waals surface area (Å²) in [5.74, 6) is 5.20. The molecule has 4 rings (SSSR count). The molecule has 2 heterocycles. The molecule has 0 saturated carbocycles. The Morgan fingerprint density at radius 1 is 0.714 bits per heavy atom. The van der Waals surface area contributed by atoms with E-state index >= 15 is 0 Å². The molecule has 0 aromatic heterocycles. The minimum atomic E-state index is -0.456. The molecule has 6 nitrogen and oxygen atoms in total. The van der Waals surface area contributed by atoms with Crippen molar-refractivity contribution < 1.29 is 28.5 Å². The van der Waals surface area contributed by atoms with Gasteiger partial charge in [-0.2, -0.15) is 25.3 Å². The minimum absolute atomic E-state index is 0.107. The van der Waals surface area contributed by atoms with Gasteiger partial charge in [-0.25, -0.2) is 9.59 Å². The Hall–Kier alpha value is -1.44. The third-order valence-corrected chi connectivity index (χ3v) is 15.3. The van der Waals surface area contributed by atoms with Crippen LogP contribution in [-0.2, 0) is 24.5 Å². The van der Waals surface area contributed by atoms with Crippen molar-refractivity contribution in [2.45, 2.75) is 76.8 Å². The third kappa shape index (κ3) is 13.6. The molecule has 0 radical (unpaired) electrons. The van der Waals surface area contributed by atoms with Crippen LogP contribution < -0.4 is 9.47 Å². The van der Waals surface area contributed by atoms with Crippen molar-refractivity contribution >= 4 is 84.2 Å². The van der Waals surface area contributed by atoms with E-state index in [0.29, 0.717) is 33.5 Å². The third-order valence-electron chi connectivity index (χ3n) is 8.30. The highest BCUT2D eigenvalue weighted by molar-refractivity contribution is 8.20. The normalized spacial score (nSPS) is 17.9. The van der Waals surface area contributed by atoms with E-state index in [1.807, 2.05) is 71.3 Å². The smallest absolute Gasteiger partial charge is 0.330 e. The maximum atomic E-state index is 12.0. The maximum absolute atomic E-state index is 12.0. The molecule has 0 spiro atoms. The van der Waals surface area contributed by atoms with E-state index in [1.54, 1.807) is 0 Å². The lowest BCUT2D eigenvalue weighted by Gasteiger charge is -2.27. The van der Waals surface area contributed by atoms with Crippen molar-refractivity contribution in [3.05, 3.63) is 85.0 Å². The first-order chi connectivity index (χ1) is 23.5. The number of benzene rings is 2. The second-order valence-electron chi connectivity index (χ2n) is 12.4. The highest BCUT2D eigenvalue weighted by Crippen LogP contribution is 2.38. The molecule has 2 aliphatic rings. The van der Waals surface area contributed by atoms with E-state index in [4.69, 9.17) is 44.2 Å². The minimum Gasteiger partial charge on any atom is -0.490 e. The van der Waals surface area contributed by atoms with Gasteiger partial charge in [0.15, 0.2) is 0 Å².